The smallest absolute Gasteiger partial charge is 0.423 e. The van der Waals surface area contributed by atoms with Crippen LogP contribution >= 0.6 is 11.3 Å². The van der Waals surface area contributed by atoms with Crippen LogP contribution in [0.15, 0.2) is 140 Å². The second-order valence-electron chi connectivity index (χ2n) is 9.99. The maximum atomic E-state index is 10.00. The van der Waals surface area contributed by atoms with Crippen molar-refractivity contribution in [2.75, 3.05) is 0 Å². The molecule has 0 fully saturated rings. The number of fused-ring (bicyclic) bond motifs is 3. The number of benzene rings is 6. The summed E-state index contributed by atoms with van der Waals surface area (Å²) < 4.78 is 2.50. The summed E-state index contributed by atoms with van der Waals surface area (Å²) in [5.41, 5.74) is 9.30. The highest BCUT2D eigenvalue weighted by atomic mass is 32.1. The highest BCUT2D eigenvalue weighted by Gasteiger charge is 2.18. The van der Waals surface area contributed by atoms with E-state index in [1.54, 1.807) is 6.07 Å². The van der Waals surface area contributed by atoms with Gasteiger partial charge in [0.2, 0.25) is 0 Å². The molecular weight excluding hydrogens is 507 g/mol. The fourth-order valence-corrected chi connectivity index (χ4v) is 6.74. The van der Waals surface area contributed by atoms with Crippen molar-refractivity contribution in [2.24, 2.45) is 0 Å². The van der Waals surface area contributed by atoms with Gasteiger partial charge in [-0.2, -0.15) is 0 Å². The van der Waals surface area contributed by atoms with Gasteiger partial charge in [-0.1, -0.05) is 109 Å². The van der Waals surface area contributed by atoms with Gasteiger partial charge in [-0.25, -0.2) is 0 Å². The van der Waals surface area contributed by atoms with Crippen molar-refractivity contribution in [1.82, 2.24) is 0 Å². The Morgan fingerprint density at radius 2 is 1.02 bits per heavy atom. The first-order chi connectivity index (χ1) is 19.7. The van der Waals surface area contributed by atoms with E-state index in [4.69, 9.17) is 0 Å². The van der Waals surface area contributed by atoms with E-state index in [9.17, 15) is 10.0 Å². The van der Waals surface area contributed by atoms with Gasteiger partial charge in [0.15, 0.2) is 0 Å². The Morgan fingerprint density at radius 3 is 1.75 bits per heavy atom. The number of hydrogen-bond acceptors (Lipinski definition) is 3. The fourth-order valence-electron chi connectivity index (χ4n) is 5.54. The minimum Gasteiger partial charge on any atom is -0.423 e. The van der Waals surface area contributed by atoms with E-state index >= 15 is 0 Å². The predicted octanol–water partition coefficient (Wildman–Crippen LogP) is 8.40. The fraction of sp³-hybridized carbons (Fsp3) is 0. The maximum Gasteiger partial charge on any atom is 0.489 e. The monoisotopic (exact) mass is 532 g/mol. The van der Waals surface area contributed by atoms with E-state index in [1.165, 1.54) is 48.0 Å². The molecule has 2 N–H and O–H groups in total. The molecule has 0 radical (unpaired) electrons. The molecule has 0 saturated carbocycles. The molecule has 0 saturated heterocycles. The molecule has 4 heteroatoms. The van der Waals surface area contributed by atoms with Crippen molar-refractivity contribution in [2.45, 2.75) is 0 Å². The third kappa shape index (κ3) is 4.42. The van der Waals surface area contributed by atoms with Gasteiger partial charge in [-0.15, -0.1) is 11.3 Å². The Balaban J connectivity index is 1.48. The normalized spacial score (nSPS) is 11.2. The van der Waals surface area contributed by atoms with Gasteiger partial charge in [-0.05, 0) is 74.7 Å². The van der Waals surface area contributed by atoms with Gasteiger partial charge >= 0.3 is 7.12 Å². The molecular formula is C36H25BO2S. The topological polar surface area (TPSA) is 40.5 Å². The zero-order valence-corrected chi connectivity index (χ0v) is 22.5. The van der Waals surface area contributed by atoms with E-state index < -0.39 is 7.12 Å². The summed E-state index contributed by atoms with van der Waals surface area (Å²) in [7, 11) is -1.53. The molecule has 7 aromatic rings. The summed E-state index contributed by atoms with van der Waals surface area (Å²) in [5, 5.41) is 22.5. The van der Waals surface area contributed by atoms with Crippen molar-refractivity contribution in [3.05, 3.63) is 140 Å². The minimum atomic E-state index is -1.53. The molecule has 0 unspecified atom stereocenters. The third-order valence-electron chi connectivity index (χ3n) is 7.51. The first kappa shape index (κ1) is 24.6. The van der Waals surface area contributed by atoms with Crippen molar-refractivity contribution >= 4 is 44.1 Å². The van der Waals surface area contributed by atoms with Gasteiger partial charge in [0.25, 0.3) is 0 Å². The van der Waals surface area contributed by atoms with Crippen molar-refractivity contribution in [3.8, 4) is 44.5 Å². The number of thiophene rings is 1. The summed E-state index contributed by atoms with van der Waals surface area (Å²) in [6.45, 7) is 0. The summed E-state index contributed by atoms with van der Waals surface area (Å²) in [6, 6.07) is 48.3. The Morgan fingerprint density at radius 1 is 0.425 bits per heavy atom. The van der Waals surface area contributed by atoms with E-state index in [0.717, 1.165) is 16.7 Å². The van der Waals surface area contributed by atoms with Gasteiger partial charge in [0, 0.05) is 25.7 Å². The van der Waals surface area contributed by atoms with Gasteiger partial charge in [0.05, 0.1) is 0 Å². The van der Waals surface area contributed by atoms with Crippen LogP contribution in [0.3, 0.4) is 0 Å². The molecule has 0 bridgehead atoms. The van der Waals surface area contributed by atoms with Crippen LogP contribution in [0.2, 0.25) is 0 Å². The van der Waals surface area contributed by atoms with Crippen LogP contribution in [0.5, 0.6) is 0 Å². The summed E-state index contributed by atoms with van der Waals surface area (Å²) >= 11 is 1.82. The molecule has 7 rings (SSSR count). The molecule has 40 heavy (non-hydrogen) atoms. The lowest BCUT2D eigenvalue weighted by Gasteiger charge is -2.13. The maximum absolute atomic E-state index is 10.00. The van der Waals surface area contributed by atoms with Crippen LogP contribution in [0.25, 0.3) is 64.7 Å². The summed E-state index contributed by atoms with van der Waals surface area (Å²) in [4.78, 5) is 0. The third-order valence-corrected chi connectivity index (χ3v) is 8.73. The first-order valence-electron chi connectivity index (χ1n) is 13.3. The zero-order chi connectivity index (χ0) is 27.1. The van der Waals surface area contributed by atoms with Crippen LogP contribution in [0, 0.1) is 0 Å². The molecule has 0 aliphatic carbocycles. The van der Waals surface area contributed by atoms with Crippen LogP contribution in [0.4, 0.5) is 0 Å². The summed E-state index contributed by atoms with van der Waals surface area (Å²) in [5.74, 6) is 0. The van der Waals surface area contributed by atoms with Gasteiger partial charge < -0.3 is 10.0 Å². The first-order valence-corrected chi connectivity index (χ1v) is 14.1. The largest absolute Gasteiger partial charge is 0.489 e. The molecule has 0 amide bonds. The Labute approximate surface area is 237 Å². The average molecular weight is 532 g/mol. The number of rotatable bonds is 5. The second-order valence-corrected chi connectivity index (χ2v) is 11.0. The molecule has 0 atom stereocenters. The Bertz CT molecular complexity index is 1980. The molecule has 2 nitrogen and oxygen atoms in total. The van der Waals surface area contributed by atoms with Crippen molar-refractivity contribution in [1.29, 1.82) is 0 Å². The molecule has 0 spiro atoms. The van der Waals surface area contributed by atoms with Crippen LogP contribution in [-0.4, -0.2) is 17.2 Å². The van der Waals surface area contributed by atoms with E-state index in [-0.39, 0.29) is 0 Å². The molecule has 190 valence electrons. The second kappa shape index (κ2) is 10.3. The predicted molar refractivity (Wildman–Crippen MR) is 171 cm³/mol. The summed E-state index contributed by atoms with van der Waals surface area (Å²) in [6.07, 6.45) is 0. The molecule has 0 aliphatic heterocycles. The SMILES string of the molecule is OB(O)c1ccccc1-c1cccc(-c2cc(-c3ccccc3)cc3c2sc2ccc(-c4ccccc4)cc23)c1. The average Bonchev–Trinajstić information content (AvgIpc) is 3.39. The van der Waals surface area contributed by atoms with Gasteiger partial charge in [-0.3, -0.25) is 0 Å². The van der Waals surface area contributed by atoms with E-state index in [0.29, 0.717) is 5.46 Å². The molecule has 6 aromatic carbocycles. The Kier molecular flexibility index (Phi) is 6.29. The lowest BCUT2D eigenvalue weighted by molar-refractivity contribution is 0.426. The molecule has 0 aliphatic rings. The van der Waals surface area contributed by atoms with Crippen molar-refractivity contribution in [3.63, 3.8) is 0 Å². The van der Waals surface area contributed by atoms with E-state index in [2.05, 4.69) is 91.0 Å². The van der Waals surface area contributed by atoms with Gasteiger partial charge in [0.1, 0.15) is 0 Å². The lowest BCUT2D eigenvalue weighted by Crippen LogP contribution is -2.31. The quantitative estimate of drug-likeness (QED) is 0.219. The van der Waals surface area contributed by atoms with Crippen molar-refractivity contribution < 1.29 is 10.0 Å². The van der Waals surface area contributed by atoms with Crippen LogP contribution in [-0.2, 0) is 0 Å². The van der Waals surface area contributed by atoms with Crippen LogP contribution in [0.1, 0.15) is 0 Å². The number of hydrogen-bond donors (Lipinski definition) is 2. The standard InChI is InChI=1S/C36H25BO2S/c38-37(39)34-17-8-7-16-30(34)27-14-9-15-28(20-27)31-22-29(25-12-5-2-6-13-25)23-33-32-21-26(24-10-3-1-4-11-24)18-19-35(32)40-36(31)33/h1-23,38-39H. The lowest BCUT2D eigenvalue weighted by atomic mass is 9.75. The van der Waals surface area contributed by atoms with E-state index in [1.807, 2.05) is 53.8 Å². The molecule has 1 heterocycles. The molecule has 1 aromatic heterocycles. The highest BCUT2D eigenvalue weighted by Crippen LogP contribution is 2.44. The highest BCUT2D eigenvalue weighted by molar-refractivity contribution is 7.26. The van der Waals surface area contributed by atoms with Crippen LogP contribution < -0.4 is 5.46 Å². The Hall–Kier alpha value is -4.48. The minimum absolute atomic E-state index is 0.498. The zero-order valence-electron chi connectivity index (χ0n) is 21.7.